The van der Waals surface area contributed by atoms with Gasteiger partial charge >= 0.3 is 0 Å². The van der Waals surface area contributed by atoms with Crippen molar-refractivity contribution >= 4 is 5.91 Å². The number of carbonyl (C=O) groups is 1. The van der Waals surface area contributed by atoms with Crippen LogP contribution in [-0.4, -0.2) is 41.7 Å². The lowest BCUT2D eigenvalue weighted by molar-refractivity contribution is 0.0584. The molecule has 0 radical (unpaired) electrons. The first-order chi connectivity index (χ1) is 10.1. The van der Waals surface area contributed by atoms with Crippen LogP contribution in [0.2, 0.25) is 0 Å². The number of hydrogen-bond donors (Lipinski definition) is 0. The van der Waals surface area contributed by atoms with Gasteiger partial charge in [-0.15, -0.1) is 0 Å². The van der Waals surface area contributed by atoms with E-state index in [0.717, 1.165) is 38.8 Å². The van der Waals surface area contributed by atoms with Gasteiger partial charge in [-0.2, -0.15) is 0 Å². The Morgan fingerprint density at radius 2 is 2.19 bits per heavy atom. The summed E-state index contributed by atoms with van der Waals surface area (Å²) in [6.45, 7) is 1.54. The van der Waals surface area contributed by atoms with E-state index >= 15 is 0 Å². The van der Waals surface area contributed by atoms with Gasteiger partial charge in [-0.05, 0) is 38.2 Å². The standard InChI is InChI=1S/C16H24N2O3/c1-17-12-13(8-9-15(17)19)16(20)18-10-4-3-6-14(18)7-5-11-21-2/h8-9,12,14H,3-7,10-11H2,1-2H3/t14-/m0/s1. The second-order valence-corrected chi connectivity index (χ2v) is 5.65. The predicted octanol–water partition coefficient (Wildman–Crippen LogP) is 1.81. The van der Waals surface area contributed by atoms with Gasteiger partial charge in [0, 0.05) is 45.6 Å². The highest BCUT2D eigenvalue weighted by atomic mass is 16.5. The molecule has 21 heavy (non-hydrogen) atoms. The van der Waals surface area contributed by atoms with Crippen molar-refractivity contribution in [2.45, 2.75) is 38.1 Å². The Kier molecular flexibility index (Phi) is 5.56. The maximum atomic E-state index is 12.7. The third kappa shape index (κ3) is 3.94. The molecule has 0 bridgehead atoms. The van der Waals surface area contributed by atoms with Gasteiger partial charge < -0.3 is 14.2 Å². The van der Waals surface area contributed by atoms with E-state index in [9.17, 15) is 9.59 Å². The highest BCUT2D eigenvalue weighted by molar-refractivity contribution is 5.94. The van der Waals surface area contributed by atoms with Crippen molar-refractivity contribution in [1.82, 2.24) is 9.47 Å². The lowest BCUT2D eigenvalue weighted by Crippen LogP contribution is -2.44. The summed E-state index contributed by atoms with van der Waals surface area (Å²) in [5.74, 6) is 0.0349. The molecular weight excluding hydrogens is 268 g/mol. The molecule has 5 heteroatoms. The molecule has 0 aliphatic carbocycles. The molecule has 0 saturated carbocycles. The molecule has 1 amide bonds. The number of likely N-dealkylation sites (tertiary alicyclic amines) is 1. The molecule has 0 aromatic carbocycles. The molecule has 1 aliphatic rings. The van der Waals surface area contributed by atoms with Crippen LogP contribution < -0.4 is 5.56 Å². The van der Waals surface area contributed by atoms with E-state index in [-0.39, 0.29) is 11.5 Å². The number of methoxy groups -OCH3 is 1. The summed E-state index contributed by atoms with van der Waals surface area (Å²) in [6, 6.07) is 3.38. The van der Waals surface area contributed by atoms with Crippen LogP contribution in [0.25, 0.3) is 0 Å². The molecule has 5 nitrogen and oxygen atoms in total. The zero-order chi connectivity index (χ0) is 15.2. The van der Waals surface area contributed by atoms with E-state index < -0.39 is 0 Å². The van der Waals surface area contributed by atoms with Crippen molar-refractivity contribution in [3.8, 4) is 0 Å². The number of aromatic nitrogens is 1. The van der Waals surface area contributed by atoms with Crippen molar-refractivity contribution in [3.63, 3.8) is 0 Å². The quantitative estimate of drug-likeness (QED) is 0.778. The van der Waals surface area contributed by atoms with E-state index in [1.807, 2.05) is 4.90 Å². The number of nitrogens with zero attached hydrogens (tertiary/aromatic N) is 2. The Hall–Kier alpha value is -1.62. The van der Waals surface area contributed by atoms with Crippen LogP contribution >= 0.6 is 0 Å². The van der Waals surface area contributed by atoms with Gasteiger partial charge in [-0.3, -0.25) is 9.59 Å². The van der Waals surface area contributed by atoms with Gasteiger partial charge in [0.25, 0.3) is 5.91 Å². The highest BCUT2D eigenvalue weighted by Gasteiger charge is 2.27. The second-order valence-electron chi connectivity index (χ2n) is 5.65. The van der Waals surface area contributed by atoms with Crippen LogP contribution in [0.3, 0.4) is 0 Å². The Balaban J connectivity index is 2.10. The van der Waals surface area contributed by atoms with Gasteiger partial charge in [0.1, 0.15) is 0 Å². The summed E-state index contributed by atoms with van der Waals surface area (Å²) >= 11 is 0. The van der Waals surface area contributed by atoms with E-state index in [4.69, 9.17) is 4.74 Å². The number of rotatable bonds is 5. The van der Waals surface area contributed by atoms with Crippen molar-refractivity contribution in [3.05, 3.63) is 34.2 Å². The summed E-state index contributed by atoms with van der Waals surface area (Å²) in [5.41, 5.74) is 0.498. The zero-order valence-electron chi connectivity index (χ0n) is 12.9. The largest absolute Gasteiger partial charge is 0.385 e. The van der Waals surface area contributed by atoms with Crippen molar-refractivity contribution in [2.24, 2.45) is 7.05 Å². The van der Waals surface area contributed by atoms with Crippen LogP contribution in [0, 0.1) is 0 Å². The molecule has 1 saturated heterocycles. The van der Waals surface area contributed by atoms with Crippen molar-refractivity contribution < 1.29 is 9.53 Å². The fraction of sp³-hybridized carbons (Fsp3) is 0.625. The topological polar surface area (TPSA) is 51.5 Å². The smallest absolute Gasteiger partial charge is 0.255 e. The lowest BCUT2D eigenvalue weighted by Gasteiger charge is -2.36. The van der Waals surface area contributed by atoms with Crippen LogP contribution in [0.4, 0.5) is 0 Å². The van der Waals surface area contributed by atoms with Gasteiger partial charge in [-0.1, -0.05) is 0 Å². The fourth-order valence-electron chi connectivity index (χ4n) is 2.92. The summed E-state index contributed by atoms with van der Waals surface area (Å²) in [5, 5.41) is 0. The molecule has 2 heterocycles. The van der Waals surface area contributed by atoms with Gasteiger partial charge in [0.15, 0.2) is 0 Å². The molecule has 2 rings (SSSR count). The lowest BCUT2D eigenvalue weighted by atomic mass is 9.97. The highest BCUT2D eigenvalue weighted by Crippen LogP contribution is 2.22. The number of ether oxygens (including phenoxy) is 1. The maximum absolute atomic E-state index is 12.7. The minimum Gasteiger partial charge on any atom is -0.385 e. The SMILES string of the molecule is COCCC[C@@H]1CCCCN1C(=O)c1ccc(=O)n(C)c1. The number of amides is 1. The van der Waals surface area contributed by atoms with Gasteiger partial charge in [-0.25, -0.2) is 0 Å². The zero-order valence-corrected chi connectivity index (χ0v) is 12.9. The normalized spacial score (nSPS) is 18.8. The Morgan fingerprint density at radius 1 is 1.38 bits per heavy atom. The van der Waals surface area contributed by atoms with E-state index in [1.165, 1.54) is 17.1 Å². The van der Waals surface area contributed by atoms with Crippen LogP contribution in [0.15, 0.2) is 23.1 Å². The van der Waals surface area contributed by atoms with Crippen molar-refractivity contribution in [1.29, 1.82) is 0 Å². The molecule has 0 spiro atoms. The average Bonchev–Trinajstić information content (AvgIpc) is 2.50. The number of aryl methyl sites for hydroxylation is 1. The van der Waals surface area contributed by atoms with E-state index in [2.05, 4.69) is 0 Å². The number of pyridine rings is 1. The Bertz CT molecular complexity index is 539. The first-order valence-corrected chi connectivity index (χ1v) is 7.60. The fourth-order valence-corrected chi connectivity index (χ4v) is 2.92. The number of piperidine rings is 1. The number of hydrogen-bond acceptors (Lipinski definition) is 3. The van der Waals surface area contributed by atoms with Gasteiger partial charge in [0.2, 0.25) is 5.56 Å². The molecule has 1 aliphatic heterocycles. The maximum Gasteiger partial charge on any atom is 0.255 e. The molecule has 1 fully saturated rings. The Labute approximate surface area is 125 Å². The van der Waals surface area contributed by atoms with E-state index in [1.54, 1.807) is 26.4 Å². The van der Waals surface area contributed by atoms with Crippen LogP contribution in [0.1, 0.15) is 42.5 Å². The minimum absolute atomic E-state index is 0.0349. The summed E-state index contributed by atoms with van der Waals surface area (Å²) in [6.07, 6.45) is 6.86. The molecule has 1 atom stereocenters. The van der Waals surface area contributed by atoms with Crippen LogP contribution in [-0.2, 0) is 11.8 Å². The average molecular weight is 292 g/mol. The molecule has 0 N–H and O–H groups in total. The monoisotopic (exact) mass is 292 g/mol. The molecule has 116 valence electrons. The second kappa shape index (κ2) is 7.41. The summed E-state index contributed by atoms with van der Waals surface area (Å²) in [4.78, 5) is 26.1. The molecule has 1 aromatic heterocycles. The first kappa shape index (κ1) is 15.8. The molecule has 0 unspecified atom stereocenters. The first-order valence-electron chi connectivity index (χ1n) is 7.60. The van der Waals surface area contributed by atoms with Crippen molar-refractivity contribution in [2.75, 3.05) is 20.3 Å². The predicted molar refractivity (Wildman–Crippen MR) is 81.5 cm³/mol. The number of carbonyl (C=O) groups excluding carboxylic acids is 1. The molecular formula is C16H24N2O3. The summed E-state index contributed by atoms with van der Waals surface area (Å²) in [7, 11) is 3.37. The minimum atomic E-state index is -0.0955. The third-order valence-electron chi connectivity index (χ3n) is 4.11. The third-order valence-corrected chi connectivity index (χ3v) is 4.11. The van der Waals surface area contributed by atoms with Crippen LogP contribution in [0.5, 0.6) is 0 Å². The summed E-state index contributed by atoms with van der Waals surface area (Å²) < 4.78 is 6.56. The Morgan fingerprint density at radius 3 is 2.90 bits per heavy atom. The van der Waals surface area contributed by atoms with E-state index in [0.29, 0.717) is 11.6 Å². The molecule has 1 aromatic rings. The van der Waals surface area contributed by atoms with Gasteiger partial charge in [0.05, 0.1) is 5.56 Å².